The largest absolute Gasteiger partial charge is 0.453 e. The fourth-order valence-electron chi connectivity index (χ4n) is 2.69. The third-order valence-corrected chi connectivity index (χ3v) is 5.29. The number of hydrogen-bond donors (Lipinski definition) is 0. The summed E-state index contributed by atoms with van der Waals surface area (Å²) in [7, 11) is 0. The number of para-hydroxylation sites is 1. The topological polar surface area (TPSA) is 69.4 Å². The van der Waals surface area contributed by atoms with Gasteiger partial charge in [-0.25, -0.2) is 14.2 Å². The molecule has 28 heavy (non-hydrogen) atoms. The van der Waals surface area contributed by atoms with E-state index in [0.717, 1.165) is 16.7 Å². The third-order valence-electron chi connectivity index (χ3n) is 4.11. The Morgan fingerprint density at radius 3 is 2.64 bits per heavy atom. The summed E-state index contributed by atoms with van der Waals surface area (Å²) in [5.74, 6) is -1.26. The molecule has 0 bridgehead atoms. The van der Waals surface area contributed by atoms with Gasteiger partial charge in [-0.05, 0) is 43.3 Å². The highest BCUT2D eigenvalue weighted by atomic mass is 32.1. The van der Waals surface area contributed by atoms with Gasteiger partial charge in [0.1, 0.15) is 21.3 Å². The molecule has 0 unspecified atom stereocenters. The molecule has 140 valence electrons. The Hall–Kier alpha value is -3.32. The first-order chi connectivity index (χ1) is 13.5. The number of carbonyl (C=O) groups excluding carboxylic acids is 2. The minimum absolute atomic E-state index is 0.141. The first kappa shape index (κ1) is 18.1. The fraction of sp³-hybridized carbons (Fsp3) is 0.0952. The van der Waals surface area contributed by atoms with Crippen molar-refractivity contribution in [2.75, 3.05) is 6.61 Å². The van der Waals surface area contributed by atoms with Crippen LogP contribution in [0.5, 0.6) is 0 Å². The lowest BCUT2D eigenvalue weighted by Crippen LogP contribution is -2.13. The van der Waals surface area contributed by atoms with E-state index in [1.165, 1.54) is 12.1 Å². The maximum Gasteiger partial charge on any atom is 0.350 e. The van der Waals surface area contributed by atoms with Gasteiger partial charge in [0, 0.05) is 10.9 Å². The molecule has 0 N–H and O–H groups in total. The normalized spacial score (nSPS) is 10.9. The molecule has 2 aromatic heterocycles. The number of fused-ring (bicyclic) bond motifs is 1. The van der Waals surface area contributed by atoms with Gasteiger partial charge in [0.25, 0.3) is 0 Å². The molecule has 0 fully saturated rings. The predicted molar refractivity (Wildman–Crippen MR) is 103 cm³/mol. The number of furan rings is 1. The summed E-state index contributed by atoms with van der Waals surface area (Å²) in [6, 6.07) is 14.7. The molecule has 2 heterocycles. The number of nitrogens with zero attached hydrogens (tertiary/aromatic N) is 1. The van der Waals surface area contributed by atoms with E-state index in [2.05, 4.69) is 4.98 Å². The number of Topliss-reactive ketones (excluding diaryl/α,β-unsaturated/α-hetero) is 1. The van der Waals surface area contributed by atoms with Gasteiger partial charge in [-0.1, -0.05) is 18.2 Å². The molecule has 4 rings (SSSR count). The number of halogens is 1. The Kier molecular flexibility index (Phi) is 4.75. The molecule has 0 spiro atoms. The number of ether oxygens (including phenoxy) is 1. The highest BCUT2D eigenvalue weighted by Crippen LogP contribution is 2.28. The van der Waals surface area contributed by atoms with Gasteiger partial charge in [0.15, 0.2) is 12.4 Å². The molecule has 0 aliphatic rings. The van der Waals surface area contributed by atoms with Crippen LogP contribution < -0.4 is 0 Å². The molecular weight excluding hydrogens is 381 g/mol. The van der Waals surface area contributed by atoms with E-state index in [4.69, 9.17) is 9.15 Å². The van der Waals surface area contributed by atoms with E-state index in [9.17, 15) is 14.0 Å². The van der Waals surface area contributed by atoms with Crippen LogP contribution >= 0.6 is 11.3 Å². The second-order valence-electron chi connectivity index (χ2n) is 6.09. The zero-order valence-corrected chi connectivity index (χ0v) is 15.6. The van der Waals surface area contributed by atoms with Crippen molar-refractivity contribution >= 4 is 34.1 Å². The Morgan fingerprint density at radius 1 is 1.14 bits per heavy atom. The predicted octanol–water partition coefficient (Wildman–Crippen LogP) is 5.04. The third kappa shape index (κ3) is 3.57. The average molecular weight is 395 g/mol. The van der Waals surface area contributed by atoms with Crippen molar-refractivity contribution in [1.82, 2.24) is 4.98 Å². The van der Waals surface area contributed by atoms with Crippen molar-refractivity contribution in [3.05, 3.63) is 76.7 Å². The van der Waals surface area contributed by atoms with Crippen LogP contribution in [0.15, 0.2) is 59.0 Å². The van der Waals surface area contributed by atoms with Crippen molar-refractivity contribution in [3.63, 3.8) is 0 Å². The number of aryl methyl sites for hydroxylation is 1. The minimum Gasteiger partial charge on any atom is -0.453 e. The monoisotopic (exact) mass is 395 g/mol. The number of esters is 1. The number of ketones is 1. The molecular formula is C21H14FNO4S. The summed E-state index contributed by atoms with van der Waals surface area (Å²) in [5.41, 5.74) is 1.79. The lowest BCUT2D eigenvalue weighted by molar-refractivity contribution is 0.0472. The number of thiazole rings is 1. The summed E-state index contributed by atoms with van der Waals surface area (Å²) < 4.78 is 23.7. The number of benzene rings is 2. The van der Waals surface area contributed by atoms with E-state index in [0.29, 0.717) is 26.7 Å². The second kappa shape index (κ2) is 7.36. The van der Waals surface area contributed by atoms with Gasteiger partial charge < -0.3 is 9.15 Å². The molecule has 0 saturated carbocycles. The van der Waals surface area contributed by atoms with Gasteiger partial charge in [0.2, 0.25) is 5.78 Å². The zero-order valence-electron chi connectivity index (χ0n) is 14.8. The first-order valence-corrected chi connectivity index (χ1v) is 9.25. The van der Waals surface area contributed by atoms with Gasteiger partial charge in [-0.2, -0.15) is 0 Å². The van der Waals surface area contributed by atoms with Gasteiger partial charge in [0.05, 0.1) is 5.69 Å². The molecule has 4 aromatic rings. The summed E-state index contributed by atoms with van der Waals surface area (Å²) in [6.45, 7) is 1.25. The smallest absolute Gasteiger partial charge is 0.350 e. The summed E-state index contributed by atoms with van der Waals surface area (Å²) in [6.07, 6.45) is 0. The fourth-order valence-corrected chi connectivity index (χ4v) is 3.65. The van der Waals surface area contributed by atoms with Gasteiger partial charge in [-0.3, -0.25) is 4.79 Å². The van der Waals surface area contributed by atoms with Crippen molar-refractivity contribution in [3.8, 4) is 10.6 Å². The number of aromatic nitrogens is 1. The Labute approximate surface area is 163 Å². The quantitative estimate of drug-likeness (QED) is 0.350. The first-order valence-electron chi connectivity index (χ1n) is 8.43. The van der Waals surface area contributed by atoms with E-state index in [1.54, 1.807) is 31.2 Å². The van der Waals surface area contributed by atoms with Gasteiger partial charge >= 0.3 is 5.97 Å². The molecule has 0 aliphatic carbocycles. The number of hydrogen-bond acceptors (Lipinski definition) is 6. The number of carbonyl (C=O) groups is 2. The summed E-state index contributed by atoms with van der Waals surface area (Å²) in [5, 5.41) is 1.38. The van der Waals surface area contributed by atoms with Crippen LogP contribution in [0, 0.1) is 12.7 Å². The molecule has 7 heteroatoms. The molecule has 2 aromatic carbocycles. The number of rotatable bonds is 5. The maximum atomic E-state index is 13.1. The molecule has 0 radical (unpaired) electrons. The van der Waals surface area contributed by atoms with Crippen molar-refractivity contribution < 1.29 is 23.1 Å². The molecule has 0 saturated heterocycles. The maximum absolute atomic E-state index is 13.1. The Morgan fingerprint density at radius 2 is 1.89 bits per heavy atom. The highest BCUT2D eigenvalue weighted by molar-refractivity contribution is 7.17. The van der Waals surface area contributed by atoms with Crippen LogP contribution in [-0.2, 0) is 4.74 Å². The molecule has 0 atom stereocenters. The Balaban J connectivity index is 1.46. The highest BCUT2D eigenvalue weighted by Gasteiger charge is 2.20. The minimum atomic E-state index is -0.632. The molecule has 0 aliphatic heterocycles. The van der Waals surface area contributed by atoms with Crippen LogP contribution in [-0.4, -0.2) is 23.3 Å². The second-order valence-corrected chi connectivity index (χ2v) is 7.09. The standard InChI is InChI=1S/C21H14FNO4S/c1-12-19(28-20(23-12)13-6-8-15(22)9-7-13)21(25)26-11-16(24)18-10-14-4-2-3-5-17(14)27-18/h2-10H,11H2,1H3. The van der Waals surface area contributed by atoms with Crippen LogP contribution in [0.4, 0.5) is 4.39 Å². The van der Waals surface area contributed by atoms with Crippen molar-refractivity contribution in [2.24, 2.45) is 0 Å². The van der Waals surface area contributed by atoms with Crippen LogP contribution in [0.25, 0.3) is 21.5 Å². The lowest BCUT2D eigenvalue weighted by atomic mass is 10.2. The van der Waals surface area contributed by atoms with E-state index in [1.807, 2.05) is 18.2 Å². The Bertz CT molecular complexity index is 1140. The van der Waals surface area contributed by atoms with E-state index >= 15 is 0 Å². The van der Waals surface area contributed by atoms with Crippen molar-refractivity contribution in [2.45, 2.75) is 6.92 Å². The van der Waals surface area contributed by atoms with Crippen LogP contribution in [0.2, 0.25) is 0 Å². The van der Waals surface area contributed by atoms with E-state index in [-0.39, 0.29) is 11.6 Å². The lowest BCUT2D eigenvalue weighted by Gasteiger charge is -2.01. The molecule has 5 nitrogen and oxygen atoms in total. The average Bonchev–Trinajstić information content (AvgIpc) is 3.30. The van der Waals surface area contributed by atoms with Crippen LogP contribution in [0.1, 0.15) is 25.9 Å². The molecule has 0 amide bonds. The van der Waals surface area contributed by atoms with E-state index < -0.39 is 18.4 Å². The summed E-state index contributed by atoms with van der Waals surface area (Å²) >= 11 is 1.14. The SMILES string of the molecule is Cc1nc(-c2ccc(F)cc2)sc1C(=O)OCC(=O)c1cc2ccccc2o1. The van der Waals surface area contributed by atoms with Crippen molar-refractivity contribution in [1.29, 1.82) is 0 Å². The summed E-state index contributed by atoms with van der Waals surface area (Å²) in [4.78, 5) is 29.3. The van der Waals surface area contributed by atoms with Crippen LogP contribution in [0.3, 0.4) is 0 Å². The van der Waals surface area contributed by atoms with Gasteiger partial charge in [-0.15, -0.1) is 11.3 Å². The zero-order chi connectivity index (χ0) is 19.7.